The summed E-state index contributed by atoms with van der Waals surface area (Å²) in [6, 6.07) is 6.98. The van der Waals surface area contributed by atoms with Crippen LogP contribution in [0.1, 0.15) is 42.1 Å². The maximum absolute atomic E-state index is 12.9. The third kappa shape index (κ3) is 2.87. The van der Waals surface area contributed by atoms with Crippen LogP contribution in [0, 0.1) is 5.41 Å². The van der Waals surface area contributed by atoms with Gasteiger partial charge in [0.2, 0.25) is 11.8 Å². The minimum absolute atomic E-state index is 0.000579. The fraction of sp³-hybridized carbons (Fsp3) is 0.550. The van der Waals surface area contributed by atoms with Crippen LogP contribution in [0.3, 0.4) is 0 Å². The Morgan fingerprint density at radius 2 is 1.96 bits per heavy atom. The van der Waals surface area contributed by atoms with Crippen molar-refractivity contribution in [2.45, 2.75) is 38.6 Å². The summed E-state index contributed by atoms with van der Waals surface area (Å²) in [5, 5.41) is 2.86. The van der Waals surface area contributed by atoms with Gasteiger partial charge in [0, 0.05) is 50.0 Å². The smallest absolute Gasteiger partial charge is 0.252 e. The molecule has 0 radical (unpaired) electrons. The Hall–Kier alpha value is -2.37. The van der Waals surface area contributed by atoms with Crippen LogP contribution in [-0.4, -0.2) is 59.7 Å². The van der Waals surface area contributed by atoms with E-state index in [1.54, 1.807) is 6.07 Å². The third-order valence-corrected chi connectivity index (χ3v) is 6.21. The Morgan fingerprint density at radius 3 is 2.65 bits per heavy atom. The monoisotopic (exact) mass is 355 g/mol. The highest BCUT2D eigenvalue weighted by Crippen LogP contribution is 2.41. The summed E-state index contributed by atoms with van der Waals surface area (Å²) >= 11 is 0. The van der Waals surface area contributed by atoms with Crippen LogP contribution in [0.4, 0.5) is 0 Å². The van der Waals surface area contributed by atoms with Crippen LogP contribution in [0.15, 0.2) is 24.3 Å². The molecule has 0 unspecified atom stereocenters. The maximum Gasteiger partial charge on any atom is 0.252 e. The Balaban J connectivity index is 1.40. The quantitative estimate of drug-likeness (QED) is 0.867. The van der Waals surface area contributed by atoms with Crippen molar-refractivity contribution in [3.63, 3.8) is 0 Å². The highest BCUT2D eigenvalue weighted by molar-refractivity contribution is 6.00. The molecule has 6 nitrogen and oxygen atoms in total. The number of nitrogens with one attached hydrogen (secondary N) is 1. The van der Waals surface area contributed by atoms with Crippen LogP contribution >= 0.6 is 0 Å². The second kappa shape index (κ2) is 6.41. The minimum atomic E-state index is -0.483. The van der Waals surface area contributed by atoms with Crippen molar-refractivity contribution >= 4 is 17.7 Å². The van der Waals surface area contributed by atoms with Gasteiger partial charge in [-0.1, -0.05) is 18.2 Å². The van der Waals surface area contributed by atoms with Crippen molar-refractivity contribution in [2.75, 3.05) is 26.2 Å². The standard InChI is InChI=1S/C20H25N3O3/c1-2-22-13-20(12-17(22)24)7-9-23(10-8-20)19(26)16-11-14-5-3-4-6-15(14)18(25)21-16/h3-6,16H,2,7-13H2,1H3,(H,21,25)/t16-/m0/s1. The van der Waals surface area contributed by atoms with Crippen molar-refractivity contribution in [1.82, 2.24) is 15.1 Å². The second-order valence-corrected chi connectivity index (χ2v) is 7.80. The van der Waals surface area contributed by atoms with Crippen molar-refractivity contribution in [3.05, 3.63) is 35.4 Å². The van der Waals surface area contributed by atoms with Crippen LogP contribution in [0.2, 0.25) is 0 Å². The Kier molecular flexibility index (Phi) is 4.21. The molecule has 2 saturated heterocycles. The zero-order valence-corrected chi connectivity index (χ0v) is 15.2. The lowest BCUT2D eigenvalue weighted by molar-refractivity contribution is -0.135. The van der Waals surface area contributed by atoms with Crippen LogP contribution in [0.5, 0.6) is 0 Å². The van der Waals surface area contributed by atoms with Gasteiger partial charge in [-0.3, -0.25) is 14.4 Å². The average Bonchev–Trinajstić information content (AvgIpc) is 2.97. The molecular formula is C20H25N3O3. The highest BCUT2D eigenvalue weighted by atomic mass is 16.2. The molecule has 2 fully saturated rings. The fourth-order valence-electron chi connectivity index (χ4n) is 4.60. The number of carbonyl (C=O) groups is 3. The van der Waals surface area contributed by atoms with E-state index < -0.39 is 6.04 Å². The molecule has 1 N–H and O–H groups in total. The maximum atomic E-state index is 12.9. The molecule has 0 bridgehead atoms. The number of amides is 3. The molecule has 6 heteroatoms. The Morgan fingerprint density at radius 1 is 1.23 bits per heavy atom. The lowest BCUT2D eigenvalue weighted by Gasteiger charge is -2.40. The van der Waals surface area contributed by atoms with Crippen molar-refractivity contribution < 1.29 is 14.4 Å². The van der Waals surface area contributed by atoms with E-state index >= 15 is 0 Å². The van der Waals surface area contributed by atoms with Gasteiger partial charge in [-0.05, 0) is 31.4 Å². The molecule has 3 aliphatic rings. The van der Waals surface area contributed by atoms with E-state index in [0.717, 1.165) is 31.5 Å². The first kappa shape index (κ1) is 17.1. The molecule has 4 rings (SSSR count). The van der Waals surface area contributed by atoms with Gasteiger partial charge in [0.1, 0.15) is 6.04 Å². The number of piperidine rings is 1. The van der Waals surface area contributed by atoms with Crippen LogP contribution in [0.25, 0.3) is 0 Å². The van der Waals surface area contributed by atoms with Gasteiger partial charge < -0.3 is 15.1 Å². The van der Waals surface area contributed by atoms with Crippen LogP contribution < -0.4 is 5.32 Å². The molecule has 3 aliphatic heterocycles. The Labute approximate surface area is 153 Å². The van der Waals surface area contributed by atoms with Crippen LogP contribution in [-0.2, 0) is 16.0 Å². The third-order valence-electron chi connectivity index (χ3n) is 6.21. The first-order chi connectivity index (χ1) is 12.5. The molecule has 1 spiro atoms. The van der Waals surface area contributed by atoms with Gasteiger partial charge in [0.25, 0.3) is 5.91 Å². The first-order valence-electron chi connectivity index (χ1n) is 9.47. The zero-order valence-electron chi connectivity index (χ0n) is 15.2. The van der Waals surface area contributed by atoms with E-state index in [4.69, 9.17) is 0 Å². The summed E-state index contributed by atoms with van der Waals surface area (Å²) in [4.78, 5) is 41.1. The number of carbonyl (C=O) groups excluding carboxylic acids is 3. The lowest BCUT2D eigenvalue weighted by atomic mass is 9.77. The highest BCUT2D eigenvalue weighted by Gasteiger charge is 2.45. The number of rotatable bonds is 2. The second-order valence-electron chi connectivity index (χ2n) is 7.80. The number of hydrogen-bond donors (Lipinski definition) is 1. The van der Waals surface area contributed by atoms with E-state index in [-0.39, 0.29) is 23.1 Å². The van der Waals surface area contributed by atoms with E-state index in [2.05, 4.69) is 5.32 Å². The average molecular weight is 355 g/mol. The minimum Gasteiger partial charge on any atom is -0.342 e. The van der Waals surface area contributed by atoms with Crippen molar-refractivity contribution in [1.29, 1.82) is 0 Å². The fourth-order valence-corrected chi connectivity index (χ4v) is 4.60. The van der Waals surface area contributed by atoms with E-state index in [0.29, 0.717) is 31.5 Å². The van der Waals surface area contributed by atoms with E-state index in [1.165, 1.54) is 0 Å². The summed E-state index contributed by atoms with van der Waals surface area (Å²) in [5.74, 6) is 0.0708. The largest absolute Gasteiger partial charge is 0.342 e. The van der Waals surface area contributed by atoms with Gasteiger partial charge >= 0.3 is 0 Å². The molecular weight excluding hydrogens is 330 g/mol. The molecule has 1 aromatic carbocycles. The molecule has 3 heterocycles. The predicted molar refractivity (Wildman–Crippen MR) is 96.5 cm³/mol. The predicted octanol–water partition coefficient (Wildman–Crippen LogP) is 1.20. The number of hydrogen-bond acceptors (Lipinski definition) is 3. The summed E-state index contributed by atoms with van der Waals surface area (Å²) in [6.07, 6.45) is 2.87. The lowest BCUT2D eigenvalue weighted by Crippen LogP contribution is -2.54. The van der Waals surface area contributed by atoms with Gasteiger partial charge in [-0.25, -0.2) is 0 Å². The number of fused-ring (bicyclic) bond motifs is 1. The molecule has 0 aromatic heterocycles. The van der Waals surface area contributed by atoms with Crippen molar-refractivity contribution in [3.8, 4) is 0 Å². The van der Waals surface area contributed by atoms with Gasteiger partial charge in [0.05, 0.1) is 0 Å². The molecule has 26 heavy (non-hydrogen) atoms. The van der Waals surface area contributed by atoms with Crippen molar-refractivity contribution in [2.24, 2.45) is 5.41 Å². The molecule has 1 aromatic rings. The summed E-state index contributed by atoms with van der Waals surface area (Å²) in [7, 11) is 0. The number of benzene rings is 1. The summed E-state index contributed by atoms with van der Waals surface area (Å²) in [6.45, 7) is 4.92. The topological polar surface area (TPSA) is 69.7 Å². The molecule has 1 atom stereocenters. The van der Waals surface area contributed by atoms with Gasteiger partial charge in [-0.2, -0.15) is 0 Å². The number of nitrogens with zero attached hydrogens (tertiary/aromatic N) is 2. The molecule has 0 saturated carbocycles. The van der Waals surface area contributed by atoms with E-state index in [1.807, 2.05) is 34.9 Å². The summed E-state index contributed by atoms with van der Waals surface area (Å²) < 4.78 is 0. The molecule has 3 amide bonds. The SMILES string of the molecule is CCN1CC2(CCN(C(=O)[C@@H]3Cc4ccccc4C(=O)N3)CC2)CC1=O. The molecule has 138 valence electrons. The normalized spacial score (nSPS) is 24.6. The number of likely N-dealkylation sites (tertiary alicyclic amines) is 2. The van der Waals surface area contributed by atoms with Gasteiger partial charge in [0.15, 0.2) is 0 Å². The zero-order chi connectivity index (χ0) is 18.3. The first-order valence-corrected chi connectivity index (χ1v) is 9.47. The van der Waals surface area contributed by atoms with E-state index in [9.17, 15) is 14.4 Å². The summed E-state index contributed by atoms with van der Waals surface area (Å²) in [5.41, 5.74) is 1.63. The van der Waals surface area contributed by atoms with Gasteiger partial charge in [-0.15, -0.1) is 0 Å². The Bertz CT molecular complexity index is 752. The molecule has 0 aliphatic carbocycles.